The van der Waals surface area contributed by atoms with Gasteiger partial charge in [-0.15, -0.1) is 0 Å². The van der Waals surface area contributed by atoms with Crippen LogP contribution >= 0.6 is 0 Å². The molecule has 0 bridgehead atoms. The Morgan fingerprint density at radius 1 is 0.917 bits per heavy atom. The minimum atomic E-state index is 0. The number of rotatable bonds is 2. The minimum Gasteiger partial charge on any atom is -0.362 e. The molecule has 0 saturated carbocycles. The van der Waals surface area contributed by atoms with Gasteiger partial charge in [0.15, 0.2) is 0 Å². The second-order valence-electron chi connectivity index (χ2n) is 3.68. The molecule has 0 saturated heterocycles. The Labute approximate surface area is 76.2 Å². The SMILES string of the molecule is C.CC(C)c1ccc(C(C)C)[nH]1. The molecule has 0 amide bonds. The second-order valence-corrected chi connectivity index (χ2v) is 3.68. The smallest absolute Gasteiger partial charge is 0.0175 e. The van der Waals surface area contributed by atoms with Crippen LogP contribution in [0, 0.1) is 0 Å². The van der Waals surface area contributed by atoms with Gasteiger partial charge in [0, 0.05) is 11.4 Å². The summed E-state index contributed by atoms with van der Waals surface area (Å²) in [7, 11) is 0. The summed E-state index contributed by atoms with van der Waals surface area (Å²) in [5.41, 5.74) is 2.68. The van der Waals surface area contributed by atoms with Crippen molar-refractivity contribution in [3.63, 3.8) is 0 Å². The van der Waals surface area contributed by atoms with Crippen molar-refractivity contribution in [3.05, 3.63) is 23.5 Å². The Kier molecular flexibility index (Phi) is 4.08. The standard InChI is InChI=1S/C10H17N.CH4/c1-7(2)9-5-6-10(11-9)8(3)4;/h5-8,11H,1-4H3;1H4. The lowest BCUT2D eigenvalue weighted by Crippen LogP contribution is -1.90. The predicted octanol–water partition coefficient (Wildman–Crippen LogP) is 3.90. The first-order chi connectivity index (χ1) is 5.11. The first kappa shape index (κ1) is 11.3. The molecule has 0 aromatic carbocycles. The topological polar surface area (TPSA) is 15.8 Å². The van der Waals surface area contributed by atoms with Crippen molar-refractivity contribution in [1.82, 2.24) is 4.98 Å². The van der Waals surface area contributed by atoms with E-state index in [9.17, 15) is 0 Å². The van der Waals surface area contributed by atoms with Crippen LogP contribution in [0.1, 0.15) is 58.3 Å². The normalized spacial score (nSPS) is 10.5. The first-order valence-corrected chi connectivity index (χ1v) is 4.30. The molecule has 0 aliphatic rings. The molecule has 0 unspecified atom stereocenters. The fourth-order valence-corrected chi connectivity index (χ4v) is 1.10. The van der Waals surface area contributed by atoms with E-state index in [1.54, 1.807) is 0 Å². The van der Waals surface area contributed by atoms with E-state index in [1.807, 2.05) is 0 Å². The van der Waals surface area contributed by atoms with Gasteiger partial charge in [0.05, 0.1) is 0 Å². The average Bonchev–Trinajstić information content (AvgIpc) is 2.33. The lowest BCUT2D eigenvalue weighted by molar-refractivity contribution is 0.787. The van der Waals surface area contributed by atoms with Crippen LogP contribution in [0.4, 0.5) is 0 Å². The fourth-order valence-electron chi connectivity index (χ4n) is 1.10. The number of hydrogen-bond acceptors (Lipinski definition) is 0. The van der Waals surface area contributed by atoms with Crippen LogP contribution < -0.4 is 0 Å². The molecule has 0 aliphatic heterocycles. The summed E-state index contributed by atoms with van der Waals surface area (Å²) in [6.07, 6.45) is 0. The molecule has 0 fully saturated rings. The van der Waals surface area contributed by atoms with Gasteiger partial charge in [-0.05, 0) is 24.0 Å². The summed E-state index contributed by atoms with van der Waals surface area (Å²) in [4.78, 5) is 3.41. The van der Waals surface area contributed by atoms with Crippen molar-refractivity contribution in [2.45, 2.75) is 47.0 Å². The molecule has 1 rings (SSSR count). The molecular formula is C11H21N. The molecular weight excluding hydrogens is 146 g/mol. The van der Waals surface area contributed by atoms with Gasteiger partial charge in [0.1, 0.15) is 0 Å². The predicted molar refractivity (Wildman–Crippen MR) is 55.7 cm³/mol. The zero-order valence-electron chi connectivity index (χ0n) is 7.81. The molecule has 0 atom stereocenters. The van der Waals surface area contributed by atoms with E-state index in [4.69, 9.17) is 0 Å². The lowest BCUT2D eigenvalue weighted by atomic mass is 10.1. The van der Waals surface area contributed by atoms with E-state index in [0.29, 0.717) is 11.8 Å². The molecule has 1 heterocycles. The maximum atomic E-state index is 3.41. The van der Waals surface area contributed by atoms with Crippen molar-refractivity contribution in [3.8, 4) is 0 Å². The van der Waals surface area contributed by atoms with Crippen LogP contribution in [0.15, 0.2) is 12.1 Å². The van der Waals surface area contributed by atoms with Crippen molar-refractivity contribution >= 4 is 0 Å². The number of nitrogens with one attached hydrogen (secondary N) is 1. The first-order valence-electron chi connectivity index (χ1n) is 4.30. The third-order valence-corrected chi connectivity index (χ3v) is 1.98. The molecule has 0 aliphatic carbocycles. The highest BCUT2D eigenvalue weighted by atomic mass is 14.7. The van der Waals surface area contributed by atoms with E-state index < -0.39 is 0 Å². The van der Waals surface area contributed by atoms with Gasteiger partial charge in [-0.3, -0.25) is 0 Å². The molecule has 70 valence electrons. The van der Waals surface area contributed by atoms with Crippen LogP contribution in [0.3, 0.4) is 0 Å². The lowest BCUT2D eigenvalue weighted by Gasteiger charge is -2.02. The average molecular weight is 167 g/mol. The molecule has 0 radical (unpaired) electrons. The Bertz CT molecular complexity index is 198. The van der Waals surface area contributed by atoms with Crippen LogP contribution in [0.2, 0.25) is 0 Å². The van der Waals surface area contributed by atoms with Gasteiger partial charge in [-0.2, -0.15) is 0 Å². The minimum absolute atomic E-state index is 0. The highest BCUT2D eigenvalue weighted by molar-refractivity contribution is 5.17. The second kappa shape index (κ2) is 4.34. The van der Waals surface area contributed by atoms with E-state index in [2.05, 4.69) is 44.8 Å². The maximum absolute atomic E-state index is 3.41. The zero-order chi connectivity index (χ0) is 8.43. The Morgan fingerprint density at radius 2 is 1.25 bits per heavy atom. The molecule has 0 spiro atoms. The largest absolute Gasteiger partial charge is 0.362 e. The molecule has 1 nitrogen and oxygen atoms in total. The van der Waals surface area contributed by atoms with Crippen LogP contribution in [0.5, 0.6) is 0 Å². The fraction of sp³-hybridized carbons (Fsp3) is 0.636. The van der Waals surface area contributed by atoms with Crippen molar-refractivity contribution in [2.24, 2.45) is 0 Å². The van der Waals surface area contributed by atoms with E-state index in [1.165, 1.54) is 11.4 Å². The summed E-state index contributed by atoms with van der Waals surface area (Å²) in [5.74, 6) is 1.23. The van der Waals surface area contributed by atoms with Crippen molar-refractivity contribution < 1.29 is 0 Å². The summed E-state index contributed by atoms with van der Waals surface area (Å²) in [6, 6.07) is 4.36. The quantitative estimate of drug-likeness (QED) is 0.687. The third kappa shape index (κ3) is 2.40. The highest BCUT2D eigenvalue weighted by Crippen LogP contribution is 2.18. The summed E-state index contributed by atoms with van der Waals surface area (Å²) >= 11 is 0. The molecule has 1 N–H and O–H groups in total. The number of aromatic nitrogens is 1. The molecule has 1 aromatic heterocycles. The zero-order valence-corrected chi connectivity index (χ0v) is 7.81. The monoisotopic (exact) mass is 167 g/mol. The van der Waals surface area contributed by atoms with Gasteiger partial charge < -0.3 is 4.98 Å². The van der Waals surface area contributed by atoms with Gasteiger partial charge >= 0.3 is 0 Å². The molecule has 1 aromatic rings. The number of H-pyrrole nitrogens is 1. The van der Waals surface area contributed by atoms with Crippen molar-refractivity contribution in [1.29, 1.82) is 0 Å². The highest BCUT2D eigenvalue weighted by Gasteiger charge is 2.04. The summed E-state index contributed by atoms with van der Waals surface area (Å²) < 4.78 is 0. The Hall–Kier alpha value is -0.720. The molecule has 1 heteroatoms. The maximum Gasteiger partial charge on any atom is 0.0175 e. The molecule has 12 heavy (non-hydrogen) atoms. The van der Waals surface area contributed by atoms with Gasteiger partial charge in [-0.1, -0.05) is 35.1 Å². The van der Waals surface area contributed by atoms with E-state index in [0.717, 1.165) is 0 Å². The number of hydrogen-bond donors (Lipinski definition) is 1. The van der Waals surface area contributed by atoms with Crippen LogP contribution in [0.25, 0.3) is 0 Å². The van der Waals surface area contributed by atoms with Gasteiger partial charge in [-0.25, -0.2) is 0 Å². The van der Waals surface area contributed by atoms with E-state index >= 15 is 0 Å². The number of aromatic amines is 1. The Morgan fingerprint density at radius 3 is 1.42 bits per heavy atom. The van der Waals surface area contributed by atoms with Gasteiger partial charge in [0.25, 0.3) is 0 Å². The van der Waals surface area contributed by atoms with Crippen LogP contribution in [-0.4, -0.2) is 4.98 Å². The third-order valence-electron chi connectivity index (χ3n) is 1.98. The van der Waals surface area contributed by atoms with Crippen molar-refractivity contribution in [2.75, 3.05) is 0 Å². The van der Waals surface area contributed by atoms with Crippen LogP contribution in [-0.2, 0) is 0 Å². The Balaban J connectivity index is 0.00000121. The van der Waals surface area contributed by atoms with E-state index in [-0.39, 0.29) is 7.43 Å². The van der Waals surface area contributed by atoms with Gasteiger partial charge in [0.2, 0.25) is 0 Å². The summed E-state index contributed by atoms with van der Waals surface area (Å²) in [5, 5.41) is 0. The summed E-state index contributed by atoms with van der Waals surface area (Å²) in [6.45, 7) is 8.82.